The molecule has 0 saturated carbocycles. The van der Waals surface area contributed by atoms with Crippen LogP contribution in [0.25, 0.3) is 11.1 Å². The zero-order valence-electron chi connectivity index (χ0n) is 25.8. The Kier molecular flexibility index (Phi) is 10.7. The maximum Gasteiger partial charge on any atom is 0.253 e. The van der Waals surface area contributed by atoms with Crippen LogP contribution in [0.1, 0.15) is 83.5 Å². The number of aliphatic hydroxyl groups excluding tert-OH is 1. The first-order valence-corrected chi connectivity index (χ1v) is 16.2. The van der Waals surface area contributed by atoms with Gasteiger partial charge in [-0.15, -0.1) is 0 Å². The summed E-state index contributed by atoms with van der Waals surface area (Å²) in [6.07, 6.45) is 9.89. The molecule has 0 unspecified atom stereocenters. The van der Waals surface area contributed by atoms with E-state index >= 15 is 0 Å². The Morgan fingerprint density at radius 3 is 2.33 bits per heavy atom. The number of likely N-dealkylation sites (tertiary alicyclic amines) is 1. The summed E-state index contributed by atoms with van der Waals surface area (Å²) in [6.45, 7) is 3.59. The van der Waals surface area contributed by atoms with Gasteiger partial charge in [0.15, 0.2) is 6.29 Å². The molecule has 1 amide bonds. The molecular weight excluding hydrogens is 562 g/mol. The first-order chi connectivity index (χ1) is 22.1. The maximum absolute atomic E-state index is 12.5. The molecule has 3 atom stereocenters. The van der Waals surface area contributed by atoms with Crippen molar-refractivity contribution in [3.05, 3.63) is 125 Å². The second kappa shape index (κ2) is 15.4. The van der Waals surface area contributed by atoms with Gasteiger partial charge in [-0.2, -0.15) is 0 Å². The lowest BCUT2D eigenvalue weighted by Gasteiger charge is -2.39. The first-order valence-electron chi connectivity index (χ1n) is 16.2. The van der Waals surface area contributed by atoms with E-state index in [1.807, 2.05) is 24.3 Å². The highest BCUT2D eigenvalue weighted by Gasteiger charge is 2.33. The SMILES string of the molecule is O=C(NCc1cccc(-c2cccc([C@@H]3O[C@H](CN4CCCCCCC4)C[C@H](c4ccc(CO)cc4)O3)c2)c1)c1cccnc1. The second-order valence-corrected chi connectivity index (χ2v) is 12.2. The van der Waals surface area contributed by atoms with E-state index in [1.165, 1.54) is 32.1 Å². The highest BCUT2D eigenvalue weighted by Crippen LogP contribution is 2.39. The van der Waals surface area contributed by atoms with Gasteiger partial charge >= 0.3 is 0 Å². The predicted octanol–water partition coefficient (Wildman–Crippen LogP) is 6.98. The number of aliphatic hydroxyl groups is 1. The van der Waals surface area contributed by atoms with E-state index in [0.29, 0.717) is 12.1 Å². The van der Waals surface area contributed by atoms with Crippen molar-refractivity contribution in [2.45, 2.75) is 70.2 Å². The molecular formula is C38H43N3O4. The number of benzene rings is 3. The van der Waals surface area contributed by atoms with Gasteiger partial charge in [0.05, 0.1) is 24.4 Å². The molecule has 7 heteroatoms. The molecule has 45 heavy (non-hydrogen) atoms. The molecule has 2 aliphatic rings. The number of rotatable bonds is 9. The number of ether oxygens (including phenoxy) is 2. The number of hydrogen-bond donors (Lipinski definition) is 2. The third-order valence-corrected chi connectivity index (χ3v) is 8.82. The maximum atomic E-state index is 12.5. The average Bonchev–Trinajstić information content (AvgIpc) is 3.09. The van der Waals surface area contributed by atoms with Crippen LogP contribution in [0.2, 0.25) is 0 Å². The van der Waals surface area contributed by atoms with Crippen LogP contribution < -0.4 is 5.32 Å². The second-order valence-electron chi connectivity index (χ2n) is 12.2. The molecule has 7 nitrogen and oxygen atoms in total. The Morgan fingerprint density at radius 2 is 1.58 bits per heavy atom. The number of nitrogens with one attached hydrogen (secondary N) is 1. The van der Waals surface area contributed by atoms with Gasteiger partial charge in [0, 0.05) is 37.5 Å². The molecule has 234 valence electrons. The molecule has 2 saturated heterocycles. The largest absolute Gasteiger partial charge is 0.392 e. The summed E-state index contributed by atoms with van der Waals surface area (Å²) < 4.78 is 13.4. The Morgan fingerprint density at radius 1 is 0.822 bits per heavy atom. The highest BCUT2D eigenvalue weighted by atomic mass is 16.7. The van der Waals surface area contributed by atoms with Gasteiger partial charge < -0.3 is 24.8 Å². The molecule has 3 heterocycles. The normalized spacial score (nSPS) is 21.0. The molecule has 0 spiro atoms. The van der Waals surface area contributed by atoms with Gasteiger partial charge in [0.2, 0.25) is 0 Å². The van der Waals surface area contributed by atoms with Crippen molar-refractivity contribution in [2.24, 2.45) is 0 Å². The summed E-state index contributed by atoms with van der Waals surface area (Å²) >= 11 is 0. The summed E-state index contributed by atoms with van der Waals surface area (Å²) in [7, 11) is 0. The van der Waals surface area contributed by atoms with Crippen LogP contribution >= 0.6 is 0 Å². The molecule has 0 bridgehead atoms. The third-order valence-electron chi connectivity index (χ3n) is 8.82. The highest BCUT2D eigenvalue weighted by molar-refractivity contribution is 5.93. The van der Waals surface area contributed by atoms with E-state index in [1.54, 1.807) is 24.5 Å². The van der Waals surface area contributed by atoms with E-state index in [4.69, 9.17) is 9.47 Å². The van der Waals surface area contributed by atoms with E-state index in [-0.39, 0.29) is 24.7 Å². The predicted molar refractivity (Wildman–Crippen MR) is 175 cm³/mol. The topological polar surface area (TPSA) is 83.9 Å². The molecule has 1 aromatic heterocycles. The molecule has 3 aromatic carbocycles. The average molecular weight is 606 g/mol. The van der Waals surface area contributed by atoms with Crippen molar-refractivity contribution in [1.82, 2.24) is 15.2 Å². The van der Waals surface area contributed by atoms with Crippen LogP contribution in [-0.2, 0) is 22.6 Å². The molecule has 4 aromatic rings. The molecule has 2 N–H and O–H groups in total. The van der Waals surface area contributed by atoms with Crippen LogP contribution in [-0.4, -0.2) is 46.6 Å². The number of carbonyl (C=O) groups excluding carboxylic acids is 1. The number of nitrogens with zero attached hydrogens (tertiary/aromatic N) is 2. The number of carbonyl (C=O) groups is 1. The lowest BCUT2D eigenvalue weighted by Crippen LogP contribution is -2.40. The number of aromatic nitrogens is 1. The Bertz CT molecular complexity index is 1520. The smallest absolute Gasteiger partial charge is 0.253 e. The summed E-state index contributed by atoms with van der Waals surface area (Å²) in [5.74, 6) is -0.145. The standard InChI is InChI=1S/C38H43N3O4/c42-27-28-14-16-30(17-15-28)36-23-35(26-41-19-4-2-1-3-5-20-41)44-38(45-36)33-12-7-11-32(22-33)31-10-6-9-29(21-31)24-40-37(43)34-13-8-18-39-25-34/h6-18,21-22,25,35-36,38,42H,1-5,19-20,23-24,26-27H2,(H,40,43)/t35-,36+,38+/m0/s1. The quantitative estimate of drug-likeness (QED) is 0.214. The fraction of sp³-hybridized carbons (Fsp3) is 0.368. The lowest BCUT2D eigenvalue weighted by molar-refractivity contribution is -0.253. The summed E-state index contributed by atoms with van der Waals surface area (Å²) in [5.41, 5.74) is 6.67. The minimum absolute atomic E-state index is 0.0278. The van der Waals surface area contributed by atoms with Gasteiger partial charge in [-0.3, -0.25) is 9.78 Å². The summed E-state index contributed by atoms with van der Waals surface area (Å²) in [5, 5.41) is 12.6. The zero-order valence-corrected chi connectivity index (χ0v) is 25.8. The van der Waals surface area contributed by atoms with Crippen LogP contribution in [0.3, 0.4) is 0 Å². The lowest BCUT2D eigenvalue weighted by atomic mass is 9.98. The van der Waals surface area contributed by atoms with E-state index in [2.05, 4.69) is 63.7 Å². The van der Waals surface area contributed by atoms with E-state index < -0.39 is 6.29 Å². The minimum atomic E-state index is -0.497. The van der Waals surface area contributed by atoms with Crippen molar-refractivity contribution in [1.29, 1.82) is 0 Å². The Hall–Kier alpha value is -3.88. The van der Waals surface area contributed by atoms with Crippen molar-refractivity contribution < 1.29 is 19.4 Å². The van der Waals surface area contributed by atoms with Gasteiger partial charge in [0.25, 0.3) is 5.91 Å². The van der Waals surface area contributed by atoms with Crippen molar-refractivity contribution >= 4 is 5.91 Å². The van der Waals surface area contributed by atoms with Gasteiger partial charge in [0.1, 0.15) is 0 Å². The van der Waals surface area contributed by atoms with Gasteiger partial charge in [-0.05, 0) is 78.0 Å². The van der Waals surface area contributed by atoms with Crippen LogP contribution in [0.15, 0.2) is 97.3 Å². The van der Waals surface area contributed by atoms with Gasteiger partial charge in [-0.25, -0.2) is 0 Å². The van der Waals surface area contributed by atoms with E-state index in [0.717, 1.165) is 59.4 Å². The monoisotopic (exact) mass is 605 g/mol. The number of hydrogen-bond acceptors (Lipinski definition) is 6. The third kappa shape index (κ3) is 8.44. The van der Waals surface area contributed by atoms with Crippen molar-refractivity contribution in [3.63, 3.8) is 0 Å². The Labute approximate surface area is 266 Å². The van der Waals surface area contributed by atoms with Crippen molar-refractivity contribution in [3.8, 4) is 11.1 Å². The zero-order chi connectivity index (χ0) is 30.8. The molecule has 2 aliphatic heterocycles. The van der Waals surface area contributed by atoms with Crippen LogP contribution in [0.4, 0.5) is 0 Å². The first kappa shape index (κ1) is 31.1. The minimum Gasteiger partial charge on any atom is -0.392 e. The summed E-state index contributed by atoms with van der Waals surface area (Å²) in [4.78, 5) is 19.2. The van der Waals surface area contributed by atoms with E-state index in [9.17, 15) is 9.90 Å². The fourth-order valence-corrected chi connectivity index (χ4v) is 6.32. The Balaban J connectivity index is 1.19. The van der Waals surface area contributed by atoms with Crippen LogP contribution in [0, 0.1) is 0 Å². The number of amides is 1. The molecule has 2 fully saturated rings. The van der Waals surface area contributed by atoms with Crippen LogP contribution in [0.5, 0.6) is 0 Å². The van der Waals surface area contributed by atoms with Crippen molar-refractivity contribution in [2.75, 3.05) is 19.6 Å². The fourth-order valence-electron chi connectivity index (χ4n) is 6.32. The number of pyridine rings is 1. The molecule has 6 rings (SSSR count). The molecule has 0 aliphatic carbocycles. The summed E-state index contributed by atoms with van der Waals surface area (Å²) in [6, 6.07) is 28.2. The van der Waals surface area contributed by atoms with Gasteiger partial charge in [-0.1, -0.05) is 79.9 Å². The molecule has 0 radical (unpaired) electrons.